The molecule has 0 aliphatic rings. The van der Waals surface area contributed by atoms with Crippen molar-refractivity contribution in [3.8, 4) is 55.9 Å². The van der Waals surface area contributed by atoms with Crippen LogP contribution in [0, 0.1) is 0 Å². The van der Waals surface area contributed by atoms with Crippen LogP contribution in [0.2, 0.25) is 0 Å². The van der Waals surface area contributed by atoms with Crippen LogP contribution >= 0.6 is 15.9 Å². The molecule has 6 aromatic carbocycles. The summed E-state index contributed by atoms with van der Waals surface area (Å²) in [6, 6.07) is 57.3. The number of aromatic carboxylic acids is 1. The Kier molecular flexibility index (Phi) is 21.0. The molecule has 0 saturated carbocycles. The molecule has 0 aliphatic carbocycles. The summed E-state index contributed by atoms with van der Waals surface area (Å²) in [4.78, 5) is 88.7. The van der Waals surface area contributed by atoms with Gasteiger partial charge in [-0.3, -0.25) is 29.3 Å². The van der Waals surface area contributed by atoms with Gasteiger partial charge in [-0.2, -0.15) is 0 Å². The van der Waals surface area contributed by atoms with Crippen LogP contribution in [0.25, 0.3) is 55.9 Å². The first kappa shape index (κ1) is 66.1. The van der Waals surface area contributed by atoms with E-state index in [-0.39, 0.29) is 34.2 Å². The standard InChI is InChI=1S/C28H27N3O3.C24H19N3O3.C23H21BrN2O3/c1-28(2,3)34-27(33)23-13-12-20(25-11-8-14-31(25)4)16-24(23)30-26(32)22-15-21(17-29-18-22)19-9-6-5-7-10-19;1-27-11-5-8-22(27)17-9-10-20(24(29)30)21(13-17)26-23(28)19-12-18(14-25-15-19)16-6-3-2-4-7-16;1-23(2,3)29-22(28)19-10-9-18(24)12-20(19)26-21(27)17-11-16(13-25-14-17)15-7-5-4-6-8-15/h5-18H,1-4H3,(H,30,32);2-15H,1H3,(H,26,28)(H,29,30);4-14H,1-3H3,(H,26,27). The Morgan fingerprint density at radius 1 is 0.387 bits per heavy atom. The van der Waals surface area contributed by atoms with Gasteiger partial charge in [0.25, 0.3) is 17.7 Å². The summed E-state index contributed by atoms with van der Waals surface area (Å²) in [5.74, 6) is -3.27. The number of halogens is 1. The van der Waals surface area contributed by atoms with Gasteiger partial charge in [0.1, 0.15) is 11.2 Å². The Morgan fingerprint density at radius 3 is 1.05 bits per heavy atom. The van der Waals surface area contributed by atoms with Gasteiger partial charge in [-0.15, -0.1) is 0 Å². The molecule has 0 aliphatic heterocycles. The van der Waals surface area contributed by atoms with Gasteiger partial charge in [0.15, 0.2) is 0 Å². The third kappa shape index (κ3) is 17.7. The number of nitrogens with one attached hydrogen (secondary N) is 3. The molecule has 11 rings (SSSR count). The molecule has 0 radical (unpaired) electrons. The SMILES string of the molecule is CC(C)(C)OC(=O)c1ccc(Br)cc1NC(=O)c1cncc(-c2ccccc2)c1.Cn1cccc1-c1ccc(C(=O)O)c(NC(=O)c2cncc(-c3ccccc3)c2)c1.Cn1cccc1-c1ccc(C(=O)OC(C)(C)C)c(NC(=O)c2cncc(-c3ccccc3)c2)c1. The summed E-state index contributed by atoms with van der Waals surface area (Å²) in [5, 5.41) is 18.0. The van der Waals surface area contributed by atoms with E-state index < -0.39 is 35.0 Å². The van der Waals surface area contributed by atoms with Gasteiger partial charge in [0, 0.05) is 107 Å². The summed E-state index contributed by atoms with van der Waals surface area (Å²) >= 11 is 3.38. The topological polar surface area (TPSA) is 226 Å². The van der Waals surface area contributed by atoms with E-state index in [1.807, 2.05) is 178 Å². The lowest BCUT2D eigenvalue weighted by Gasteiger charge is -2.21. The molecule has 0 bridgehead atoms. The van der Waals surface area contributed by atoms with Crippen molar-refractivity contribution in [2.75, 3.05) is 16.0 Å². The molecule has 3 amide bonds. The lowest BCUT2D eigenvalue weighted by Crippen LogP contribution is -2.25. The number of hydrogen-bond donors (Lipinski definition) is 4. The van der Waals surface area contributed by atoms with Gasteiger partial charge >= 0.3 is 17.9 Å². The van der Waals surface area contributed by atoms with Crippen molar-refractivity contribution >= 4 is 68.6 Å². The van der Waals surface area contributed by atoms with Crippen molar-refractivity contribution in [1.82, 2.24) is 24.1 Å². The summed E-state index contributed by atoms with van der Waals surface area (Å²) in [6.07, 6.45) is 13.4. The highest BCUT2D eigenvalue weighted by Crippen LogP contribution is 2.32. The maximum atomic E-state index is 13.2. The Morgan fingerprint density at radius 2 is 0.720 bits per heavy atom. The second-order valence-corrected chi connectivity index (χ2v) is 24.3. The van der Waals surface area contributed by atoms with E-state index in [0.29, 0.717) is 28.1 Å². The van der Waals surface area contributed by atoms with E-state index in [4.69, 9.17) is 9.47 Å². The molecule has 93 heavy (non-hydrogen) atoms. The summed E-state index contributed by atoms with van der Waals surface area (Å²) in [7, 11) is 3.84. The zero-order valence-corrected chi connectivity index (χ0v) is 53.9. The van der Waals surface area contributed by atoms with Gasteiger partial charge in [-0.25, -0.2) is 14.4 Å². The number of aryl methyl sites for hydroxylation is 2. The third-order valence-corrected chi connectivity index (χ3v) is 14.5. The molecule has 0 atom stereocenters. The predicted octanol–water partition coefficient (Wildman–Crippen LogP) is 16.4. The van der Waals surface area contributed by atoms with Gasteiger partial charge in [-0.05, 0) is 143 Å². The minimum absolute atomic E-state index is 0.0217. The maximum Gasteiger partial charge on any atom is 0.340 e. The van der Waals surface area contributed by atoms with Gasteiger partial charge in [0.05, 0.1) is 50.4 Å². The largest absolute Gasteiger partial charge is 0.478 e. The van der Waals surface area contributed by atoms with E-state index in [2.05, 4.69) is 46.8 Å². The lowest BCUT2D eigenvalue weighted by molar-refractivity contribution is 0.00580. The molecule has 5 heterocycles. The number of rotatable bonds is 14. The summed E-state index contributed by atoms with van der Waals surface area (Å²) < 4.78 is 15.7. The Balaban J connectivity index is 0.000000165. The van der Waals surface area contributed by atoms with Crippen molar-refractivity contribution in [2.24, 2.45) is 14.1 Å². The molecule has 468 valence electrons. The van der Waals surface area contributed by atoms with E-state index in [1.54, 1.807) is 100 Å². The number of pyridine rings is 3. The fourth-order valence-corrected chi connectivity index (χ4v) is 9.97. The Bertz CT molecular complexity index is 4520. The highest BCUT2D eigenvalue weighted by molar-refractivity contribution is 9.10. The molecular formula is C75H67BrN8O9. The van der Waals surface area contributed by atoms with Gasteiger partial charge in [-0.1, -0.05) is 119 Å². The zero-order chi connectivity index (χ0) is 66.4. The molecular weight excluding hydrogens is 1240 g/mol. The van der Waals surface area contributed by atoms with E-state index in [0.717, 1.165) is 60.4 Å². The van der Waals surface area contributed by atoms with Crippen LogP contribution in [0.5, 0.6) is 0 Å². The minimum atomic E-state index is -1.11. The second-order valence-electron chi connectivity index (χ2n) is 23.4. The average molecular weight is 1300 g/mol. The quantitative estimate of drug-likeness (QED) is 0.0746. The second kappa shape index (κ2) is 29.5. The first-order chi connectivity index (χ1) is 44.5. The number of hydrogen-bond acceptors (Lipinski definition) is 11. The molecule has 18 heteroatoms. The molecule has 0 spiro atoms. The number of ether oxygens (including phenoxy) is 2. The monoisotopic (exact) mass is 1300 g/mol. The lowest BCUT2D eigenvalue weighted by atomic mass is 10.0. The number of esters is 2. The van der Waals surface area contributed by atoms with Crippen LogP contribution in [0.1, 0.15) is 104 Å². The van der Waals surface area contributed by atoms with Crippen LogP contribution in [0.3, 0.4) is 0 Å². The van der Waals surface area contributed by atoms with E-state index >= 15 is 0 Å². The number of amides is 3. The van der Waals surface area contributed by atoms with Crippen molar-refractivity contribution in [2.45, 2.75) is 52.7 Å². The zero-order valence-electron chi connectivity index (χ0n) is 52.3. The Hall–Kier alpha value is -11.4. The van der Waals surface area contributed by atoms with Crippen LogP contribution in [0.15, 0.2) is 242 Å². The fraction of sp³-hybridized carbons (Fsp3) is 0.133. The number of benzene rings is 6. The molecule has 0 saturated heterocycles. The number of aromatic nitrogens is 5. The number of carbonyl (C=O) groups is 6. The normalized spacial score (nSPS) is 10.9. The van der Waals surface area contributed by atoms with Crippen LogP contribution in [-0.4, -0.2) is 76.0 Å². The van der Waals surface area contributed by atoms with Gasteiger partial charge < -0.3 is 39.7 Å². The van der Waals surface area contributed by atoms with E-state index in [9.17, 15) is 33.9 Å². The number of nitrogens with zero attached hydrogens (tertiary/aromatic N) is 5. The maximum absolute atomic E-state index is 13.2. The molecule has 5 aromatic heterocycles. The third-order valence-electron chi connectivity index (χ3n) is 14.0. The van der Waals surface area contributed by atoms with Crippen LogP contribution in [0.4, 0.5) is 17.1 Å². The number of carboxylic acids is 1. The molecule has 0 unspecified atom stereocenters. The number of anilines is 3. The molecule has 11 aromatic rings. The average Bonchev–Trinajstić information content (AvgIpc) is 1.85. The fourth-order valence-electron chi connectivity index (χ4n) is 9.61. The first-order valence-electron chi connectivity index (χ1n) is 29.4. The highest BCUT2D eigenvalue weighted by atomic mass is 79.9. The number of carboxylic acid groups (broad SMARTS) is 1. The van der Waals surface area contributed by atoms with E-state index in [1.165, 1.54) is 24.7 Å². The van der Waals surface area contributed by atoms with Crippen molar-refractivity contribution < 1.29 is 43.3 Å². The predicted molar refractivity (Wildman–Crippen MR) is 366 cm³/mol. The van der Waals surface area contributed by atoms with Crippen LogP contribution in [-0.2, 0) is 23.6 Å². The summed E-state index contributed by atoms with van der Waals surface area (Å²) in [6.45, 7) is 10.8. The number of carbonyl (C=O) groups excluding carboxylic acids is 5. The first-order valence-corrected chi connectivity index (χ1v) is 30.2. The van der Waals surface area contributed by atoms with Crippen molar-refractivity contribution in [3.05, 3.63) is 275 Å². The van der Waals surface area contributed by atoms with Crippen molar-refractivity contribution in [3.63, 3.8) is 0 Å². The minimum Gasteiger partial charge on any atom is -0.478 e. The highest BCUT2D eigenvalue weighted by Gasteiger charge is 2.25. The van der Waals surface area contributed by atoms with Crippen molar-refractivity contribution in [1.29, 1.82) is 0 Å². The molecule has 0 fully saturated rings. The van der Waals surface area contributed by atoms with Crippen LogP contribution < -0.4 is 16.0 Å². The van der Waals surface area contributed by atoms with Gasteiger partial charge in [0.2, 0.25) is 0 Å². The molecule has 17 nitrogen and oxygen atoms in total. The molecule has 4 N–H and O–H groups in total. The Labute approximate surface area is 547 Å². The smallest absolute Gasteiger partial charge is 0.340 e. The summed E-state index contributed by atoms with van der Waals surface area (Å²) in [5.41, 5.74) is 10.3.